The summed E-state index contributed by atoms with van der Waals surface area (Å²) in [6, 6.07) is 13.9. The van der Waals surface area contributed by atoms with Gasteiger partial charge in [-0.1, -0.05) is 29.8 Å². The monoisotopic (exact) mass is 359 g/mol. The van der Waals surface area contributed by atoms with E-state index in [0.29, 0.717) is 16.5 Å². The van der Waals surface area contributed by atoms with E-state index in [1.807, 2.05) is 12.1 Å². The minimum absolute atomic E-state index is 0.429. The quantitative estimate of drug-likeness (QED) is 0.627. The van der Waals surface area contributed by atoms with Gasteiger partial charge in [-0.2, -0.15) is 0 Å². The van der Waals surface area contributed by atoms with E-state index in [4.69, 9.17) is 21.1 Å². The minimum Gasteiger partial charge on any atom is -0.496 e. The summed E-state index contributed by atoms with van der Waals surface area (Å²) in [5.74, 6) is -0.411. The van der Waals surface area contributed by atoms with E-state index in [0.717, 1.165) is 5.56 Å². The Morgan fingerprint density at radius 1 is 1.12 bits per heavy atom. The van der Waals surface area contributed by atoms with Crippen molar-refractivity contribution in [3.05, 3.63) is 65.2 Å². The molecule has 0 aliphatic rings. The third kappa shape index (κ3) is 5.65. The molecule has 2 aromatic carbocycles. The van der Waals surface area contributed by atoms with Crippen molar-refractivity contribution in [2.75, 3.05) is 12.4 Å². The van der Waals surface area contributed by atoms with Crippen LogP contribution in [0, 0.1) is 0 Å². The number of ether oxygens (including phenoxy) is 2. The van der Waals surface area contributed by atoms with Gasteiger partial charge in [0.1, 0.15) is 5.75 Å². The van der Waals surface area contributed by atoms with E-state index < -0.39 is 18.0 Å². The molecular weight excluding hydrogens is 342 g/mol. The van der Waals surface area contributed by atoms with Gasteiger partial charge in [-0.25, -0.2) is 4.79 Å². The maximum absolute atomic E-state index is 12.0. The Morgan fingerprint density at radius 3 is 2.48 bits per heavy atom. The zero-order valence-electron chi connectivity index (χ0n) is 13.9. The molecule has 0 fully saturated rings. The molecule has 1 unspecified atom stereocenters. The van der Waals surface area contributed by atoms with Crippen LogP contribution in [-0.4, -0.2) is 25.1 Å². The highest BCUT2D eigenvalue weighted by Gasteiger charge is 2.16. The molecule has 0 heterocycles. The molecule has 0 saturated carbocycles. The van der Waals surface area contributed by atoms with E-state index in [1.165, 1.54) is 13.0 Å². The summed E-state index contributed by atoms with van der Waals surface area (Å²) in [5.41, 5.74) is 1.31. The summed E-state index contributed by atoms with van der Waals surface area (Å²) in [7, 11) is 1.55. The third-order valence-corrected chi connectivity index (χ3v) is 3.56. The number of benzene rings is 2. The molecule has 2 rings (SSSR count). The molecule has 0 radical (unpaired) electrons. The van der Waals surface area contributed by atoms with Crippen LogP contribution in [0.15, 0.2) is 54.6 Å². The number of nitrogens with one attached hydrogen (secondary N) is 1. The smallest absolute Gasteiger partial charge is 0.331 e. The number of carbonyl (C=O) groups is 2. The maximum atomic E-state index is 12.0. The fraction of sp³-hybridized carbons (Fsp3) is 0.158. The Bertz CT molecular complexity index is 771. The van der Waals surface area contributed by atoms with E-state index in [9.17, 15) is 9.59 Å². The number of carbonyl (C=O) groups excluding carboxylic acids is 2. The van der Waals surface area contributed by atoms with Crippen molar-refractivity contribution in [3.8, 4) is 5.75 Å². The van der Waals surface area contributed by atoms with E-state index in [2.05, 4.69) is 5.32 Å². The minimum atomic E-state index is -0.939. The van der Waals surface area contributed by atoms with Crippen LogP contribution in [0.4, 0.5) is 5.69 Å². The molecule has 0 saturated heterocycles. The van der Waals surface area contributed by atoms with Crippen molar-refractivity contribution in [1.82, 2.24) is 0 Å². The van der Waals surface area contributed by atoms with Crippen LogP contribution >= 0.6 is 11.6 Å². The molecular formula is C19H18ClNO4. The number of hydrogen-bond acceptors (Lipinski definition) is 4. The number of hydrogen-bond donors (Lipinski definition) is 1. The molecule has 0 aliphatic carbocycles. The zero-order chi connectivity index (χ0) is 18.2. The fourth-order valence-electron chi connectivity index (χ4n) is 2.01. The van der Waals surface area contributed by atoms with Crippen LogP contribution in [0.25, 0.3) is 6.08 Å². The summed E-state index contributed by atoms with van der Waals surface area (Å²) in [6.07, 6.45) is 1.89. The third-order valence-electron chi connectivity index (χ3n) is 3.31. The van der Waals surface area contributed by atoms with Crippen LogP contribution in [0.1, 0.15) is 12.5 Å². The number of anilines is 1. The van der Waals surface area contributed by atoms with E-state index >= 15 is 0 Å². The Balaban J connectivity index is 1.91. The molecule has 130 valence electrons. The SMILES string of the molecule is COc1ccccc1/C=C/C(=O)OC(C)C(=O)Nc1ccc(Cl)cc1. The lowest BCUT2D eigenvalue weighted by Gasteiger charge is -2.12. The van der Waals surface area contributed by atoms with Gasteiger partial charge in [0.25, 0.3) is 5.91 Å². The van der Waals surface area contributed by atoms with Crippen molar-refractivity contribution < 1.29 is 19.1 Å². The van der Waals surface area contributed by atoms with Gasteiger partial charge >= 0.3 is 5.97 Å². The molecule has 0 spiro atoms. The Hall–Kier alpha value is -2.79. The molecule has 0 aromatic heterocycles. The van der Waals surface area contributed by atoms with Crippen molar-refractivity contribution in [2.24, 2.45) is 0 Å². The lowest BCUT2D eigenvalue weighted by Crippen LogP contribution is -2.29. The van der Waals surface area contributed by atoms with E-state index in [1.54, 1.807) is 49.6 Å². The number of rotatable bonds is 6. The Morgan fingerprint density at radius 2 is 1.80 bits per heavy atom. The topological polar surface area (TPSA) is 64.6 Å². The Labute approximate surface area is 151 Å². The second-order valence-corrected chi connectivity index (χ2v) is 5.59. The summed E-state index contributed by atoms with van der Waals surface area (Å²) >= 11 is 5.79. The first-order valence-corrected chi connectivity index (χ1v) is 7.95. The van der Waals surface area contributed by atoms with Gasteiger partial charge in [-0.05, 0) is 43.3 Å². The van der Waals surface area contributed by atoms with Crippen LogP contribution in [0.3, 0.4) is 0 Å². The molecule has 6 heteroatoms. The van der Waals surface area contributed by atoms with Gasteiger partial charge in [-0.3, -0.25) is 4.79 Å². The zero-order valence-corrected chi connectivity index (χ0v) is 14.6. The number of esters is 1. The van der Waals surface area contributed by atoms with Crippen molar-refractivity contribution in [1.29, 1.82) is 0 Å². The van der Waals surface area contributed by atoms with Crippen molar-refractivity contribution >= 4 is 35.2 Å². The number of para-hydroxylation sites is 1. The van der Waals surface area contributed by atoms with Gasteiger partial charge in [0.05, 0.1) is 7.11 Å². The van der Waals surface area contributed by atoms with Gasteiger partial charge in [0.15, 0.2) is 6.10 Å². The number of methoxy groups -OCH3 is 1. The van der Waals surface area contributed by atoms with Crippen LogP contribution in [0.2, 0.25) is 5.02 Å². The van der Waals surface area contributed by atoms with Gasteiger partial charge in [0.2, 0.25) is 0 Å². The number of amides is 1. The highest BCUT2D eigenvalue weighted by Crippen LogP contribution is 2.18. The molecule has 2 aromatic rings. The predicted octanol–water partition coefficient (Wildman–Crippen LogP) is 3.93. The molecule has 1 atom stereocenters. The second kappa shape index (κ2) is 8.89. The average Bonchev–Trinajstić information content (AvgIpc) is 2.62. The summed E-state index contributed by atoms with van der Waals surface area (Å²) in [6.45, 7) is 1.50. The Kier molecular flexibility index (Phi) is 6.60. The van der Waals surface area contributed by atoms with Gasteiger partial charge < -0.3 is 14.8 Å². The van der Waals surface area contributed by atoms with Gasteiger partial charge in [0, 0.05) is 22.3 Å². The molecule has 25 heavy (non-hydrogen) atoms. The molecule has 5 nitrogen and oxygen atoms in total. The summed E-state index contributed by atoms with van der Waals surface area (Å²) in [5, 5.41) is 3.22. The van der Waals surface area contributed by atoms with Crippen LogP contribution in [0.5, 0.6) is 5.75 Å². The summed E-state index contributed by atoms with van der Waals surface area (Å²) in [4.78, 5) is 23.9. The second-order valence-electron chi connectivity index (χ2n) is 5.15. The van der Waals surface area contributed by atoms with Crippen LogP contribution in [-0.2, 0) is 14.3 Å². The number of halogens is 1. The largest absolute Gasteiger partial charge is 0.496 e. The van der Waals surface area contributed by atoms with Crippen molar-refractivity contribution in [3.63, 3.8) is 0 Å². The first-order chi connectivity index (χ1) is 12.0. The van der Waals surface area contributed by atoms with Crippen LogP contribution < -0.4 is 10.1 Å². The fourth-order valence-corrected chi connectivity index (χ4v) is 2.13. The van der Waals surface area contributed by atoms with Gasteiger partial charge in [-0.15, -0.1) is 0 Å². The standard InChI is InChI=1S/C19H18ClNO4/c1-13(19(23)21-16-10-8-15(20)9-11-16)25-18(22)12-7-14-5-3-4-6-17(14)24-2/h3-13H,1-2H3,(H,21,23)/b12-7+. The van der Waals surface area contributed by atoms with Crippen molar-refractivity contribution in [2.45, 2.75) is 13.0 Å². The molecule has 1 amide bonds. The maximum Gasteiger partial charge on any atom is 0.331 e. The predicted molar refractivity (Wildman–Crippen MR) is 97.7 cm³/mol. The molecule has 0 aliphatic heterocycles. The first kappa shape index (κ1) is 18.5. The first-order valence-electron chi connectivity index (χ1n) is 7.57. The highest BCUT2D eigenvalue weighted by atomic mass is 35.5. The van der Waals surface area contributed by atoms with E-state index in [-0.39, 0.29) is 0 Å². The molecule has 1 N–H and O–H groups in total. The highest BCUT2D eigenvalue weighted by molar-refractivity contribution is 6.30. The normalized spacial score (nSPS) is 11.8. The lowest BCUT2D eigenvalue weighted by atomic mass is 10.2. The lowest BCUT2D eigenvalue weighted by molar-refractivity contribution is -0.148. The molecule has 0 bridgehead atoms. The summed E-state index contributed by atoms with van der Waals surface area (Å²) < 4.78 is 10.3. The average molecular weight is 360 g/mol.